The Kier molecular flexibility index (Phi) is 5.29. The Hall–Kier alpha value is -2.04. The first kappa shape index (κ1) is 17.3. The molecule has 0 spiro atoms. The molecule has 1 aliphatic heterocycles. The number of rotatable bonds is 6. The predicted molar refractivity (Wildman–Crippen MR) is 92.8 cm³/mol. The molecule has 1 heterocycles. The van der Waals surface area contributed by atoms with Gasteiger partial charge in [0, 0.05) is 13.6 Å². The summed E-state index contributed by atoms with van der Waals surface area (Å²) in [6.45, 7) is 6.85. The van der Waals surface area contributed by atoms with Gasteiger partial charge < -0.3 is 10.1 Å². The molecular weight excluding hydrogens is 290 g/mol. The van der Waals surface area contributed by atoms with Crippen molar-refractivity contribution in [1.82, 2.24) is 10.2 Å². The summed E-state index contributed by atoms with van der Waals surface area (Å²) in [6.07, 6.45) is 1.58. The van der Waals surface area contributed by atoms with Crippen molar-refractivity contribution < 1.29 is 9.53 Å². The first-order valence-corrected chi connectivity index (χ1v) is 8.09. The van der Waals surface area contributed by atoms with Crippen LogP contribution in [-0.2, 0) is 11.2 Å². The highest BCUT2D eigenvalue weighted by Gasteiger charge is 2.46. The van der Waals surface area contributed by atoms with E-state index in [0.717, 1.165) is 18.6 Å². The molecule has 1 aliphatic rings. The molecule has 1 atom stereocenters. The first-order chi connectivity index (χ1) is 10.9. The average molecular weight is 317 g/mol. The van der Waals surface area contributed by atoms with Crippen LogP contribution in [0.3, 0.4) is 0 Å². The highest BCUT2D eigenvalue weighted by atomic mass is 16.5. The summed E-state index contributed by atoms with van der Waals surface area (Å²) in [5.74, 6) is 2.07. The number of benzene rings is 1. The second-order valence-electron chi connectivity index (χ2n) is 6.66. The van der Waals surface area contributed by atoms with E-state index in [2.05, 4.69) is 24.2 Å². The van der Waals surface area contributed by atoms with E-state index in [9.17, 15) is 4.79 Å². The number of nitrogens with zero attached hydrogens (tertiary/aromatic N) is 2. The SMILES string of the molecule is C/N=C1\NC(C)(CC(C)C)C(=O)N1CCc1ccc(OC)cc1. The van der Waals surface area contributed by atoms with Crippen LogP contribution in [0.25, 0.3) is 0 Å². The van der Waals surface area contributed by atoms with Gasteiger partial charge in [-0.15, -0.1) is 0 Å². The van der Waals surface area contributed by atoms with Crippen molar-refractivity contribution in [2.24, 2.45) is 10.9 Å². The van der Waals surface area contributed by atoms with Crippen LogP contribution < -0.4 is 10.1 Å². The number of amides is 1. The lowest BCUT2D eigenvalue weighted by Crippen LogP contribution is -2.45. The molecule has 126 valence electrons. The van der Waals surface area contributed by atoms with Crippen LogP contribution in [0.5, 0.6) is 5.75 Å². The van der Waals surface area contributed by atoms with Crippen molar-refractivity contribution in [2.75, 3.05) is 20.7 Å². The van der Waals surface area contributed by atoms with Gasteiger partial charge in [0.05, 0.1) is 7.11 Å². The highest BCUT2D eigenvalue weighted by Crippen LogP contribution is 2.25. The lowest BCUT2D eigenvalue weighted by Gasteiger charge is -2.24. The van der Waals surface area contributed by atoms with Gasteiger partial charge in [0.15, 0.2) is 0 Å². The van der Waals surface area contributed by atoms with Crippen LogP contribution in [0.2, 0.25) is 0 Å². The lowest BCUT2D eigenvalue weighted by atomic mass is 9.91. The second-order valence-corrected chi connectivity index (χ2v) is 6.66. The molecule has 0 radical (unpaired) electrons. The van der Waals surface area contributed by atoms with Crippen LogP contribution in [-0.4, -0.2) is 43.0 Å². The Bertz CT molecular complexity index is 580. The molecule has 2 rings (SSSR count). The van der Waals surface area contributed by atoms with Crippen molar-refractivity contribution in [1.29, 1.82) is 0 Å². The molecule has 1 N–H and O–H groups in total. The minimum Gasteiger partial charge on any atom is -0.497 e. The number of hydrogen-bond acceptors (Lipinski definition) is 3. The number of guanidine groups is 1. The average Bonchev–Trinajstić information content (AvgIpc) is 2.76. The summed E-state index contributed by atoms with van der Waals surface area (Å²) in [7, 11) is 3.38. The maximum absolute atomic E-state index is 12.8. The lowest BCUT2D eigenvalue weighted by molar-refractivity contribution is -0.131. The quantitative estimate of drug-likeness (QED) is 0.877. The maximum Gasteiger partial charge on any atom is 0.254 e. The van der Waals surface area contributed by atoms with E-state index in [1.54, 1.807) is 19.1 Å². The van der Waals surface area contributed by atoms with E-state index >= 15 is 0 Å². The van der Waals surface area contributed by atoms with E-state index in [0.29, 0.717) is 18.4 Å². The van der Waals surface area contributed by atoms with Crippen LogP contribution in [0.1, 0.15) is 32.8 Å². The zero-order chi connectivity index (χ0) is 17.0. The Balaban J connectivity index is 2.07. The van der Waals surface area contributed by atoms with Crippen molar-refractivity contribution in [3.05, 3.63) is 29.8 Å². The van der Waals surface area contributed by atoms with Gasteiger partial charge in [-0.2, -0.15) is 0 Å². The molecule has 5 nitrogen and oxygen atoms in total. The van der Waals surface area contributed by atoms with Gasteiger partial charge >= 0.3 is 0 Å². The van der Waals surface area contributed by atoms with Crippen molar-refractivity contribution in [2.45, 2.75) is 39.2 Å². The maximum atomic E-state index is 12.8. The summed E-state index contributed by atoms with van der Waals surface area (Å²) in [5, 5.41) is 3.31. The normalized spacial score (nSPS) is 22.8. The summed E-state index contributed by atoms with van der Waals surface area (Å²) in [5.41, 5.74) is 0.620. The number of methoxy groups -OCH3 is 1. The Morgan fingerprint density at radius 1 is 1.30 bits per heavy atom. The first-order valence-electron chi connectivity index (χ1n) is 8.09. The number of hydrogen-bond donors (Lipinski definition) is 1. The zero-order valence-electron chi connectivity index (χ0n) is 14.7. The molecule has 0 saturated carbocycles. The topological polar surface area (TPSA) is 53.9 Å². The highest BCUT2D eigenvalue weighted by molar-refractivity contribution is 6.08. The molecule has 1 aromatic rings. The van der Waals surface area contributed by atoms with E-state index in [-0.39, 0.29) is 5.91 Å². The molecule has 23 heavy (non-hydrogen) atoms. The van der Waals surface area contributed by atoms with Crippen molar-refractivity contribution in [3.8, 4) is 5.75 Å². The third kappa shape index (κ3) is 3.84. The van der Waals surface area contributed by atoms with Gasteiger partial charge in [-0.3, -0.25) is 14.7 Å². The molecule has 0 aliphatic carbocycles. The van der Waals surface area contributed by atoms with Gasteiger partial charge in [-0.25, -0.2) is 0 Å². The minimum absolute atomic E-state index is 0.111. The summed E-state index contributed by atoms with van der Waals surface area (Å²) in [4.78, 5) is 18.8. The predicted octanol–water partition coefficient (Wildman–Crippen LogP) is 2.46. The van der Waals surface area contributed by atoms with Gasteiger partial charge in [-0.05, 0) is 43.4 Å². The monoisotopic (exact) mass is 317 g/mol. The second kappa shape index (κ2) is 7.02. The Morgan fingerprint density at radius 3 is 2.48 bits per heavy atom. The number of carbonyl (C=O) groups is 1. The number of nitrogens with one attached hydrogen (secondary N) is 1. The zero-order valence-corrected chi connectivity index (χ0v) is 14.7. The van der Waals surface area contributed by atoms with E-state index in [4.69, 9.17) is 4.74 Å². The van der Waals surface area contributed by atoms with Crippen LogP contribution in [0, 0.1) is 5.92 Å². The van der Waals surface area contributed by atoms with Gasteiger partial charge in [0.2, 0.25) is 5.96 Å². The van der Waals surface area contributed by atoms with E-state index in [1.165, 1.54) is 5.56 Å². The minimum atomic E-state index is -0.553. The fourth-order valence-corrected chi connectivity index (χ4v) is 3.13. The molecule has 1 amide bonds. The summed E-state index contributed by atoms with van der Waals surface area (Å²) < 4.78 is 5.17. The van der Waals surface area contributed by atoms with Crippen LogP contribution in [0.4, 0.5) is 0 Å². The van der Waals surface area contributed by atoms with Gasteiger partial charge in [-0.1, -0.05) is 26.0 Å². The molecule has 0 aromatic heterocycles. The standard InChI is InChI=1S/C18H27N3O2/c1-13(2)12-18(3)16(22)21(17(19-4)20-18)11-10-14-6-8-15(23-5)9-7-14/h6-9,13H,10-12H2,1-5H3,(H,19,20). The number of ether oxygens (including phenoxy) is 1. The van der Waals surface area contributed by atoms with Crippen LogP contribution >= 0.6 is 0 Å². The molecule has 1 fully saturated rings. The van der Waals surface area contributed by atoms with Gasteiger partial charge in [0.1, 0.15) is 11.3 Å². The molecule has 0 bridgehead atoms. The Labute approximate surface area is 138 Å². The largest absolute Gasteiger partial charge is 0.497 e. The fourth-order valence-electron chi connectivity index (χ4n) is 3.13. The van der Waals surface area contributed by atoms with Crippen LogP contribution in [0.15, 0.2) is 29.3 Å². The molecular formula is C18H27N3O2. The van der Waals surface area contributed by atoms with E-state index < -0.39 is 5.54 Å². The smallest absolute Gasteiger partial charge is 0.254 e. The van der Waals surface area contributed by atoms with Crippen molar-refractivity contribution in [3.63, 3.8) is 0 Å². The third-order valence-electron chi connectivity index (χ3n) is 4.17. The molecule has 1 unspecified atom stereocenters. The van der Waals surface area contributed by atoms with Crippen molar-refractivity contribution >= 4 is 11.9 Å². The number of aliphatic imine (C=N–C) groups is 1. The third-order valence-corrected chi connectivity index (χ3v) is 4.17. The van der Waals surface area contributed by atoms with Gasteiger partial charge in [0.25, 0.3) is 5.91 Å². The van der Waals surface area contributed by atoms with E-state index in [1.807, 2.05) is 31.2 Å². The fraction of sp³-hybridized carbons (Fsp3) is 0.556. The Morgan fingerprint density at radius 2 is 1.96 bits per heavy atom. The molecule has 1 saturated heterocycles. The molecule has 1 aromatic carbocycles. The summed E-state index contributed by atoms with van der Waals surface area (Å²) >= 11 is 0. The number of carbonyl (C=O) groups excluding carboxylic acids is 1. The molecule has 5 heteroatoms. The summed E-state index contributed by atoms with van der Waals surface area (Å²) in [6, 6.07) is 7.94.